The molecule has 1 N–H and O–H groups in total. The first-order valence-corrected chi connectivity index (χ1v) is 12.3. The Balaban J connectivity index is 1.53. The number of ether oxygens (including phenoxy) is 1. The maximum absolute atomic E-state index is 13.0. The van der Waals surface area contributed by atoms with Gasteiger partial charge >= 0.3 is 0 Å². The summed E-state index contributed by atoms with van der Waals surface area (Å²) >= 11 is 3.08. The summed E-state index contributed by atoms with van der Waals surface area (Å²) in [6, 6.07) is 8.24. The molecule has 1 fully saturated rings. The molecular formula is C23H28N4O2S2. The number of carbonyl (C=O) groups is 1. The van der Waals surface area contributed by atoms with Gasteiger partial charge in [0.15, 0.2) is 11.0 Å². The number of aryl methyl sites for hydroxylation is 3. The number of rotatable bonds is 7. The van der Waals surface area contributed by atoms with Crippen LogP contribution in [-0.4, -0.2) is 38.6 Å². The lowest BCUT2D eigenvalue weighted by atomic mass is 10.1. The molecule has 8 heteroatoms. The van der Waals surface area contributed by atoms with Crippen LogP contribution in [0.25, 0.3) is 10.7 Å². The third kappa shape index (κ3) is 5.02. The van der Waals surface area contributed by atoms with Crippen LogP contribution in [-0.2, 0) is 16.1 Å². The van der Waals surface area contributed by atoms with Crippen LogP contribution >= 0.6 is 23.1 Å². The van der Waals surface area contributed by atoms with Crippen molar-refractivity contribution in [1.82, 2.24) is 14.8 Å². The molecule has 3 heterocycles. The smallest absolute Gasteiger partial charge is 0.237 e. The summed E-state index contributed by atoms with van der Waals surface area (Å²) < 4.78 is 7.97. The molecule has 2 atom stereocenters. The van der Waals surface area contributed by atoms with Crippen molar-refractivity contribution >= 4 is 34.7 Å². The van der Waals surface area contributed by atoms with E-state index >= 15 is 0 Å². The van der Waals surface area contributed by atoms with Gasteiger partial charge in [0.1, 0.15) is 0 Å². The highest BCUT2D eigenvalue weighted by atomic mass is 32.2. The fourth-order valence-corrected chi connectivity index (χ4v) is 5.51. The highest BCUT2D eigenvalue weighted by Gasteiger charge is 2.25. The topological polar surface area (TPSA) is 69.0 Å². The number of aromatic nitrogens is 3. The lowest BCUT2D eigenvalue weighted by Gasteiger charge is -2.17. The molecule has 3 aromatic rings. The first-order chi connectivity index (χ1) is 14.9. The van der Waals surface area contributed by atoms with Gasteiger partial charge in [-0.1, -0.05) is 35.5 Å². The number of anilines is 1. The molecule has 1 amide bonds. The summed E-state index contributed by atoms with van der Waals surface area (Å²) in [7, 11) is 0. The molecule has 2 aromatic heterocycles. The molecule has 0 saturated carbocycles. The molecule has 2 unspecified atom stereocenters. The van der Waals surface area contributed by atoms with Crippen LogP contribution in [0.2, 0.25) is 0 Å². The average Bonchev–Trinajstić information content (AvgIpc) is 3.47. The second-order valence-corrected chi connectivity index (χ2v) is 10.3. The lowest BCUT2D eigenvalue weighted by Crippen LogP contribution is -2.24. The van der Waals surface area contributed by atoms with Gasteiger partial charge in [0.05, 0.1) is 22.8 Å². The number of thiophene rings is 1. The van der Waals surface area contributed by atoms with E-state index < -0.39 is 0 Å². The SMILES string of the molecule is Cc1cc(C)c(NC(=O)C(C)Sc2nnc(-c3cccs3)n2CC2CCCO2)c(C)c1. The highest BCUT2D eigenvalue weighted by Crippen LogP contribution is 2.31. The Bertz CT molecular complexity index is 1030. The Morgan fingerprint density at radius 3 is 2.74 bits per heavy atom. The summed E-state index contributed by atoms with van der Waals surface area (Å²) in [5.41, 5.74) is 4.23. The van der Waals surface area contributed by atoms with Gasteiger partial charge in [-0.15, -0.1) is 21.5 Å². The van der Waals surface area contributed by atoms with Crippen LogP contribution in [0.3, 0.4) is 0 Å². The Morgan fingerprint density at radius 2 is 2.10 bits per heavy atom. The van der Waals surface area contributed by atoms with Crippen molar-refractivity contribution in [3.63, 3.8) is 0 Å². The van der Waals surface area contributed by atoms with Gasteiger partial charge in [0.2, 0.25) is 5.91 Å². The number of thioether (sulfide) groups is 1. The molecule has 164 valence electrons. The zero-order valence-electron chi connectivity index (χ0n) is 18.3. The molecule has 1 aliphatic rings. The van der Waals surface area contributed by atoms with E-state index in [-0.39, 0.29) is 17.3 Å². The molecular weight excluding hydrogens is 428 g/mol. The largest absolute Gasteiger partial charge is 0.376 e. The summed E-state index contributed by atoms with van der Waals surface area (Å²) in [5.74, 6) is 0.801. The number of nitrogens with one attached hydrogen (secondary N) is 1. The van der Waals surface area contributed by atoms with Crippen LogP contribution in [0.1, 0.15) is 36.5 Å². The van der Waals surface area contributed by atoms with Crippen LogP contribution in [0.15, 0.2) is 34.8 Å². The number of hydrogen-bond acceptors (Lipinski definition) is 6. The Morgan fingerprint density at radius 1 is 1.32 bits per heavy atom. The van der Waals surface area contributed by atoms with Crippen molar-refractivity contribution in [1.29, 1.82) is 0 Å². The first kappa shape index (κ1) is 22.0. The standard InChI is InChI=1S/C23H28N4O2S2/c1-14-11-15(2)20(16(3)12-14)24-22(28)17(4)31-23-26-25-21(19-8-6-10-30-19)27(23)13-18-7-5-9-29-18/h6,8,10-12,17-18H,5,7,9,13H2,1-4H3,(H,24,28). The van der Waals surface area contributed by atoms with E-state index in [0.717, 1.165) is 52.1 Å². The van der Waals surface area contributed by atoms with Gasteiger partial charge in [0, 0.05) is 12.3 Å². The predicted molar refractivity (Wildman–Crippen MR) is 127 cm³/mol. The van der Waals surface area contributed by atoms with Gasteiger partial charge in [-0.05, 0) is 63.1 Å². The Labute approximate surface area is 191 Å². The third-order valence-electron chi connectivity index (χ3n) is 5.45. The second-order valence-electron chi connectivity index (χ2n) is 8.05. The van der Waals surface area contributed by atoms with Gasteiger partial charge in [-0.3, -0.25) is 9.36 Å². The maximum atomic E-state index is 13.0. The summed E-state index contributed by atoms with van der Waals surface area (Å²) in [6.45, 7) is 9.54. The molecule has 4 rings (SSSR count). The van der Waals surface area contributed by atoms with Gasteiger partial charge < -0.3 is 10.1 Å². The summed E-state index contributed by atoms with van der Waals surface area (Å²) in [5, 5.41) is 14.5. The molecule has 1 saturated heterocycles. The summed E-state index contributed by atoms with van der Waals surface area (Å²) in [6.07, 6.45) is 2.28. The average molecular weight is 457 g/mol. The Kier molecular flexibility index (Phi) is 6.79. The minimum Gasteiger partial charge on any atom is -0.376 e. The van der Waals surface area contributed by atoms with Crippen molar-refractivity contribution in [2.75, 3.05) is 11.9 Å². The quantitative estimate of drug-likeness (QED) is 0.493. The number of amides is 1. The lowest BCUT2D eigenvalue weighted by molar-refractivity contribution is -0.115. The van der Waals surface area contributed by atoms with Crippen LogP contribution in [0.5, 0.6) is 0 Å². The number of hydrogen-bond donors (Lipinski definition) is 1. The van der Waals surface area contributed by atoms with Gasteiger partial charge in [-0.2, -0.15) is 0 Å². The van der Waals surface area contributed by atoms with Crippen LogP contribution < -0.4 is 5.32 Å². The van der Waals surface area contributed by atoms with Crippen LogP contribution in [0.4, 0.5) is 5.69 Å². The summed E-state index contributed by atoms with van der Waals surface area (Å²) in [4.78, 5) is 14.1. The molecule has 31 heavy (non-hydrogen) atoms. The number of benzene rings is 1. The third-order valence-corrected chi connectivity index (χ3v) is 7.39. The monoisotopic (exact) mass is 456 g/mol. The van der Waals surface area contributed by atoms with Crippen molar-refractivity contribution in [2.45, 2.75) is 63.6 Å². The first-order valence-electron chi connectivity index (χ1n) is 10.6. The molecule has 0 aliphatic carbocycles. The van der Waals surface area contributed by atoms with Crippen molar-refractivity contribution < 1.29 is 9.53 Å². The van der Waals surface area contributed by atoms with E-state index in [2.05, 4.69) is 39.1 Å². The fourth-order valence-electron chi connectivity index (χ4n) is 3.93. The van der Waals surface area contributed by atoms with Crippen LogP contribution in [0, 0.1) is 20.8 Å². The molecule has 6 nitrogen and oxygen atoms in total. The second kappa shape index (κ2) is 9.54. The predicted octanol–water partition coefficient (Wildman–Crippen LogP) is 5.23. The molecule has 0 spiro atoms. The Hall–Kier alpha value is -2.16. The van der Waals surface area contributed by atoms with E-state index in [0.29, 0.717) is 6.54 Å². The molecule has 1 aliphatic heterocycles. The zero-order chi connectivity index (χ0) is 22.0. The van der Waals surface area contributed by atoms with E-state index in [9.17, 15) is 4.79 Å². The van der Waals surface area contributed by atoms with E-state index in [1.165, 1.54) is 17.3 Å². The van der Waals surface area contributed by atoms with E-state index in [4.69, 9.17) is 4.74 Å². The fraction of sp³-hybridized carbons (Fsp3) is 0.435. The van der Waals surface area contributed by atoms with E-state index in [1.807, 2.05) is 38.3 Å². The van der Waals surface area contributed by atoms with E-state index in [1.54, 1.807) is 11.3 Å². The molecule has 0 radical (unpaired) electrons. The normalized spacial score (nSPS) is 17.1. The minimum absolute atomic E-state index is 0.0376. The van der Waals surface area contributed by atoms with Crippen molar-refractivity contribution in [3.8, 4) is 10.7 Å². The minimum atomic E-state index is -0.316. The number of nitrogens with zero attached hydrogens (tertiary/aromatic N) is 3. The van der Waals surface area contributed by atoms with Gasteiger partial charge in [0.25, 0.3) is 0 Å². The molecule has 1 aromatic carbocycles. The zero-order valence-corrected chi connectivity index (χ0v) is 20.0. The van der Waals surface area contributed by atoms with Gasteiger partial charge in [-0.25, -0.2) is 0 Å². The number of carbonyl (C=O) groups excluding carboxylic acids is 1. The molecule has 0 bridgehead atoms. The van der Waals surface area contributed by atoms with Crippen molar-refractivity contribution in [3.05, 3.63) is 46.3 Å². The maximum Gasteiger partial charge on any atom is 0.237 e. The highest BCUT2D eigenvalue weighted by molar-refractivity contribution is 8.00. The van der Waals surface area contributed by atoms with Crippen molar-refractivity contribution in [2.24, 2.45) is 0 Å².